The van der Waals surface area contributed by atoms with Crippen LogP contribution < -0.4 is 10.2 Å². The summed E-state index contributed by atoms with van der Waals surface area (Å²) in [6.45, 7) is 10.5. The maximum absolute atomic E-state index is 13.0. The molecule has 0 aromatic heterocycles. The fraction of sp³-hybridized carbons (Fsp3) is 0.533. The Bertz CT molecular complexity index is 1150. The van der Waals surface area contributed by atoms with Gasteiger partial charge < -0.3 is 29.1 Å². The molecule has 0 spiro atoms. The Labute approximate surface area is 246 Å². The lowest BCUT2D eigenvalue weighted by atomic mass is 10.0. The fourth-order valence-corrected chi connectivity index (χ4v) is 4.28. The Balaban J connectivity index is 1.90. The highest BCUT2D eigenvalue weighted by atomic mass is 16.7. The first-order valence-electron chi connectivity index (χ1n) is 14.0. The number of benzene rings is 2. The van der Waals surface area contributed by atoms with Gasteiger partial charge >= 0.3 is 12.2 Å². The van der Waals surface area contributed by atoms with Gasteiger partial charge in [0.2, 0.25) is 0 Å². The molecule has 0 saturated carbocycles. The van der Waals surface area contributed by atoms with E-state index < -0.39 is 41.0 Å². The standard InChI is InChI=1S/C30H41N3O9/c1-21(2)18-32(42-24-13-11-23(12-14-24)33(36)37)19-27(40-29(35)39-25-15-16-38-20-25)26(17-22-9-7-6-8-10-22)31-28(34)41-30(3,4)5/h6-14,21,25-27H,15-20H2,1-5H3,(H,31,34)/t25-,26-,27+/m0/s1. The minimum absolute atomic E-state index is 0.0404. The highest BCUT2D eigenvalue weighted by molar-refractivity contribution is 5.68. The van der Waals surface area contributed by atoms with Crippen LogP contribution in [0.15, 0.2) is 54.6 Å². The molecule has 3 rings (SSSR count). The molecule has 12 nitrogen and oxygen atoms in total. The van der Waals surface area contributed by atoms with Crippen LogP contribution >= 0.6 is 0 Å². The smallest absolute Gasteiger partial charge is 0.444 e. The summed E-state index contributed by atoms with van der Waals surface area (Å²) < 4.78 is 22.2. The number of nitrogens with zero attached hydrogens (tertiary/aromatic N) is 2. The second-order valence-corrected chi connectivity index (χ2v) is 11.5. The van der Waals surface area contributed by atoms with Crippen LogP contribution in [0.3, 0.4) is 0 Å². The lowest BCUT2D eigenvalue weighted by Gasteiger charge is -2.33. The van der Waals surface area contributed by atoms with Gasteiger partial charge in [0.15, 0.2) is 0 Å². The summed E-state index contributed by atoms with van der Waals surface area (Å²) in [5.74, 6) is 0.503. The minimum atomic E-state index is -0.940. The van der Waals surface area contributed by atoms with Gasteiger partial charge in [-0.15, -0.1) is 5.06 Å². The summed E-state index contributed by atoms with van der Waals surface area (Å²) in [5, 5.41) is 15.6. The van der Waals surface area contributed by atoms with E-state index in [1.807, 2.05) is 44.2 Å². The van der Waals surface area contributed by atoms with Crippen molar-refractivity contribution in [3.63, 3.8) is 0 Å². The number of alkyl carbamates (subject to hydrolysis) is 1. The molecule has 1 heterocycles. The molecule has 3 atom stereocenters. The minimum Gasteiger partial charge on any atom is -0.444 e. The molecular weight excluding hydrogens is 546 g/mol. The Hall–Kier alpha value is -3.90. The number of amides is 1. The van der Waals surface area contributed by atoms with Crippen molar-refractivity contribution in [3.05, 3.63) is 70.3 Å². The van der Waals surface area contributed by atoms with Gasteiger partial charge in [-0.1, -0.05) is 44.2 Å². The van der Waals surface area contributed by atoms with Crippen molar-refractivity contribution in [2.45, 2.75) is 71.3 Å². The topological polar surface area (TPSA) is 139 Å². The number of nitro groups is 1. The maximum Gasteiger partial charge on any atom is 0.509 e. The molecule has 1 amide bonds. The van der Waals surface area contributed by atoms with Gasteiger partial charge in [-0.3, -0.25) is 10.1 Å². The number of ether oxygens (including phenoxy) is 4. The average molecular weight is 588 g/mol. The third-order valence-electron chi connectivity index (χ3n) is 6.08. The van der Waals surface area contributed by atoms with E-state index in [2.05, 4.69) is 5.32 Å². The molecule has 230 valence electrons. The van der Waals surface area contributed by atoms with Gasteiger partial charge in [-0.25, -0.2) is 9.59 Å². The first-order chi connectivity index (χ1) is 19.9. The summed E-state index contributed by atoms with van der Waals surface area (Å²) >= 11 is 0. The van der Waals surface area contributed by atoms with Crippen molar-refractivity contribution in [1.29, 1.82) is 0 Å². The molecular formula is C30H41N3O9. The van der Waals surface area contributed by atoms with Gasteiger partial charge in [0, 0.05) is 25.1 Å². The van der Waals surface area contributed by atoms with Crippen molar-refractivity contribution in [1.82, 2.24) is 10.4 Å². The normalized spacial score (nSPS) is 16.5. The summed E-state index contributed by atoms with van der Waals surface area (Å²) in [5.41, 5.74) is 0.0838. The molecule has 1 N–H and O–H groups in total. The van der Waals surface area contributed by atoms with Gasteiger partial charge in [0.05, 0.1) is 30.7 Å². The number of nitro benzene ring substituents is 1. The van der Waals surface area contributed by atoms with Crippen LogP contribution in [0.25, 0.3) is 0 Å². The number of nitrogens with one attached hydrogen (secondary N) is 1. The number of carbonyl (C=O) groups excluding carboxylic acids is 2. The molecule has 2 aromatic carbocycles. The fourth-order valence-electron chi connectivity index (χ4n) is 4.28. The second-order valence-electron chi connectivity index (χ2n) is 11.5. The molecule has 1 aliphatic heterocycles. The van der Waals surface area contributed by atoms with E-state index >= 15 is 0 Å². The quantitative estimate of drug-likeness (QED) is 0.187. The molecule has 2 aromatic rings. The van der Waals surface area contributed by atoms with Crippen LogP contribution in [0, 0.1) is 16.0 Å². The van der Waals surface area contributed by atoms with Crippen molar-refractivity contribution in [2.75, 3.05) is 26.3 Å². The number of non-ortho nitro benzene ring substituents is 1. The lowest BCUT2D eigenvalue weighted by molar-refractivity contribution is -0.384. The molecule has 0 aliphatic carbocycles. The van der Waals surface area contributed by atoms with E-state index in [4.69, 9.17) is 23.8 Å². The van der Waals surface area contributed by atoms with Gasteiger partial charge in [-0.2, -0.15) is 0 Å². The Morgan fingerprint density at radius 1 is 1.10 bits per heavy atom. The predicted molar refractivity (Wildman–Crippen MR) is 154 cm³/mol. The molecule has 42 heavy (non-hydrogen) atoms. The SMILES string of the molecule is CC(C)CN(C[C@@H](OC(=O)O[C@H]1CCOC1)[C@H](Cc1ccccc1)NC(=O)OC(C)(C)C)Oc1ccc([N+](=O)[O-])cc1. The number of carbonyl (C=O) groups is 2. The summed E-state index contributed by atoms with van der Waals surface area (Å²) in [6, 6.07) is 14.4. The number of rotatable bonds is 13. The van der Waals surface area contributed by atoms with E-state index in [0.717, 1.165) is 5.56 Å². The molecule has 0 unspecified atom stereocenters. The molecule has 1 saturated heterocycles. The van der Waals surface area contributed by atoms with Crippen molar-refractivity contribution >= 4 is 17.9 Å². The third-order valence-corrected chi connectivity index (χ3v) is 6.08. The van der Waals surface area contributed by atoms with Crippen LogP contribution in [0.2, 0.25) is 0 Å². The Morgan fingerprint density at radius 3 is 2.36 bits per heavy atom. The van der Waals surface area contributed by atoms with Gasteiger partial charge in [-0.05, 0) is 50.8 Å². The van der Waals surface area contributed by atoms with Crippen LogP contribution in [0.5, 0.6) is 5.75 Å². The van der Waals surface area contributed by atoms with Gasteiger partial charge in [0.1, 0.15) is 23.6 Å². The molecule has 0 radical (unpaired) electrons. The maximum atomic E-state index is 13.0. The van der Waals surface area contributed by atoms with E-state index in [0.29, 0.717) is 31.7 Å². The monoisotopic (exact) mass is 587 g/mol. The van der Waals surface area contributed by atoms with E-state index in [1.165, 1.54) is 24.3 Å². The Morgan fingerprint density at radius 2 is 1.79 bits per heavy atom. The van der Waals surface area contributed by atoms with Crippen LogP contribution in [-0.2, 0) is 25.4 Å². The molecule has 12 heteroatoms. The van der Waals surface area contributed by atoms with E-state index in [-0.39, 0.29) is 24.8 Å². The second kappa shape index (κ2) is 15.4. The zero-order chi connectivity index (χ0) is 30.7. The van der Waals surface area contributed by atoms with Crippen LogP contribution in [0.4, 0.5) is 15.3 Å². The number of hydrogen-bond donors (Lipinski definition) is 1. The molecule has 0 bridgehead atoms. The summed E-state index contributed by atoms with van der Waals surface area (Å²) in [7, 11) is 0. The highest BCUT2D eigenvalue weighted by Gasteiger charge is 2.33. The van der Waals surface area contributed by atoms with Crippen molar-refractivity contribution in [3.8, 4) is 5.75 Å². The first-order valence-corrected chi connectivity index (χ1v) is 14.0. The first kappa shape index (κ1) is 32.6. The zero-order valence-electron chi connectivity index (χ0n) is 24.8. The average Bonchev–Trinajstić information content (AvgIpc) is 3.40. The van der Waals surface area contributed by atoms with Gasteiger partial charge in [0.25, 0.3) is 5.69 Å². The van der Waals surface area contributed by atoms with Crippen molar-refractivity contribution < 1.29 is 38.3 Å². The molecule has 1 fully saturated rings. The van der Waals surface area contributed by atoms with E-state index in [9.17, 15) is 19.7 Å². The number of hydrogen-bond acceptors (Lipinski definition) is 10. The summed E-state index contributed by atoms with van der Waals surface area (Å²) in [4.78, 5) is 42.6. The largest absolute Gasteiger partial charge is 0.509 e. The zero-order valence-corrected chi connectivity index (χ0v) is 24.8. The molecule has 1 aliphatic rings. The van der Waals surface area contributed by atoms with Crippen LogP contribution in [0.1, 0.15) is 46.6 Å². The highest BCUT2D eigenvalue weighted by Crippen LogP contribution is 2.21. The predicted octanol–water partition coefficient (Wildman–Crippen LogP) is 5.29. The van der Waals surface area contributed by atoms with Crippen LogP contribution in [-0.4, -0.2) is 72.4 Å². The Kier molecular flexibility index (Phi) is 11.9. The van der Waals surface area contributed by atoms with E-state index in [1.54, 1.807) is 25.8 Å². The van der Waals surface area contributed by atoms with Crippen molar-refractivity contribution in [2.24, 2.45) is 5.92 Å². The summed E-state index contributed by atoms with van der Waals surface area (Å²) in [6.07, 6.45) is -2.04. The lowest BCUT2D eigenvalue weighted by Crippen LogP contribution is -2.53. The number of hydroxylamine groups is 2. The third kappa shape index (κ3) is 11.5.